The van der Waals surface area contributed by atoms with E-state index in [2.05, 4.69) is 15.8 Å². The summed E-state index contributed by atoms with van der Waals surface area (Å²) in [5.41, 5.74) is 2.38. The Hall–Kier alpha value is -3.16. The lowest BCUT2D eigenvalue weighted by Gasteiger charge is -2.07. The number of aryl methyl sites for hydroxylation is 2. The predicted molar refractivity (Wildman–Crippen MR) is 89.3 cm³/mol. The van der Waals surface area contributed by atoms with Gasteiger partial charge in [-0.05, 0) is 38.1 Å². The zero-order chi connectivity index (χ0) is 18.4. The molecule has 0 atom stereocenters. The van der Waals surface area contributed by atoms with Crippen LogP contribution in [0.25, 0.3) is 0 Å². The van der Waals surface area contributed by atoms with Crippen molar-refractivity contribution < 1.29 is 24.0 Å². The number of aliphatic carboxylic acids is 1. The molecule has 2 amide bonds. The number of aromatic nitrogens is 1. The molecule has 8 nitrogen and oxygen atoms in total. The minimum absolute atomic E-state index is 0.0596. The van der Waals surface area contributed by atoms with Gasteiger partial charge >= 0.3 is 5.97 Å². The lowest BCUT2D eigenvalue weighted by atomic mass is 10.1. The fourth-order valence-corrected chi connectivity index (χ4v) is 2.21. The van der Waals surface area contributed by atoms with Crippen LogP contribution in [-0.4, -0.2) is 34.6 Å². The van der Waals surface area contributed by atoms with E-state index in [4.69, 9.17) is 9.63 Å². The van der Waals surface area contributed by atoms with Gasteiger partial charge in [-0.25, -0.2) is 0 Å². The summed E-state index contributed by atoms with van der Waals surface area (Å²) in [5, 5.41) is 17.6. The number of carboxylic acid groups (broad SMARTS) is 1. The Morgan fingerprint density at radius 3 is 2.40 bits per heavy atom. The van der Waals surface area contributed by atoms with Crippen LogP contribution in [0.1, 0.15) is 33.8 Å². The maximum atomic E-state index is 12.1. The summed E-state index contributed by atoms with van der Waals surface area (Å²) in [6, 6.07) is 6.33. The summed E-state index contributed by atoms with van der Waals surface area (Å²) in [5.74, 6) is -0.944. The third-order valence-corrected chi connectivity index (χ3v) is 3.57. The third-order valence-electron chi connectivity index (χ3n) is 3.57. The summed E-state index contributed by atoms with van der Waals surface area (Å²) in [7, 11) is 0. The second-order valence-electron chi connectivity index (χ2n) is 5.50. The second-order valence-corrected chi connectivity index (χ2v) is 5.50. The zero-order valence-electron chi connectivity index (χ0n) is 14.0. The first-order valence-electron chi connectivity index (χ1n) is 7.68. The van der Waals surface area contributed by atoms with E-state index in [-0.39, 0.29) is 31.2 Å². The number of nitrogens with zero attached hydrogens (tertiary/aromatic N) is 1. The van der Waals surface area contributed by atoms with Crippen LogP contribution in [0.4, 0.5) is 5.69 Å². The average molecular weight is 345 g/mol. The van der Waals surface area contributed by atoms with E-state index in [0.29, 0.717) is 22.7 Å². The van der Waals surface area contributed by atoms with E-state index in [1.54, 1.807) is 38.1 Å². The van der Waals surface area contributed by atoms with E-state index in [1.165, 1.54) is 0 Å². The molecule has 0 saturated carbocycles. The largest absolute Gasteiger partial charge is 0.481 e. The van der Waals surface area contributed by atoms with E-state index in [1.807, 2.05) is 0 Å². The molecule has 25 heavy (non-hydrogen) atoms. The topological polar surface area (TPSA) is 122 Å². The zero-order valence-corrected chi connectivity index (χ0v) is 14.0. The number of carbonyl (C=O) groups excluding carboxylic acids is 2. The molecule has 3 N–H and O–H groups in total. The van der Waals surface area contributed by atoms with E-state index in [9.17, 15) is 14.4 Å². The van der Waals surface area contributed by atoms with Crippen LogP contribution in [0, 0.1) is 13.8 Å². The van der Waals surface area contributed by atoms with Crippen molar-refractivity contribution in [3.05, 3.63) is 46.8 Å². The highest BCUT2D eigenvalue weighted by Gasteiger charge is 2.14. The lowest BCUT2D eigenvalue weighted by Crippen LogP contribution is -2.26. The molecule has 1 aromatic carbocycles. The maximum Gasteiger partial charge on any atom is 0.305 e. The third kappa shape index (κ3) is 5.17. The van der Waals surface area contributed by atoms with Crippen LogP contribution < -0.4 is 10.6 Å². The van der Waals surface area contributed by atoms with Gasteiger partial charge in [-0.2, -0.15) is 0 Å². The Morgan fingerprint density at radius 1 is 1.16 bits per heavy atom. The molecule has 132 valence electrons. The van der Waals surface area contributed by atoms with Crippen LogP contribution in [-0.2, 0) is 16.0 Å². The van der Waals surface area contributed by atoms with E-state index >= 15 is 0 Å². The first kappa shape index (κ1) is 18.2. The van der Waals surface area contributed by atoms with Crippen molar-refractivity contribution in [1.29, 1.82) is 0 Å². The Labute approximate surface area is 144 Å². The molecule has 1 heterocycles. The van der Waals surface area contributed by atoms with Gasteiger partial charge in [0.25, 0.3) is 5.91 Å². The maximum absolute atomic E-state index is 12.1. The van der Waals surface area contributed by atoms with E-state index < -0.39 is 5.97 Å². The average Bonchev–Trinajstić information content (AvgIpc) is 2.87. The van der Waals surface area contributed by atoms with Gasteiger partial charge in [0.2, 0.25) is 5.91 Å². The Balaban J connectivity index is 1.90. The Morgan fingerprint density at radius 2 is 1.84 bits per heavy atom. The number of anilines is 1. The molecule has 1 aromatic heterocycles. The van der Waals surface area contributed by atoms with Gasteiger partial charge < -0.3 is 20.3 Å². The monoisotopic (exact) mass is 345 g/mol. The van der Waals surface area contributed by atoms with Crippen molar-refractivity contribution in [1.82, 2.24) is 10.5 Å². The first-order chi connectivity index (χ1) is 11.9. The molecule has 8 heteroatoms. The standard InChI is InChI=1S/C17H19N3O5/c1-10-14(11(2)25-20-10)9-15(21)19-13-5-3-12(4-6-13)17(24)18-8-7-16(22)23/h3-6H,7-9H2,1-2H3,(H,18,24)(H,19,21)(H,22,23). The number of hydrogen-bond donors (Lipinski definition) is 3. The number of amides is 2. The summed E-state index contributed by atoms with van der Waals surface area (Å²) < 4.78 is 5.02. The number of benzene rings is 1. The Bertz CT molecular complexity index is 761. The fourth-order valence-electron chi connectivity index (χ4n) is 2.21. The van der Waals surface area contributed by atoms with Crippen molar-refractivity contribution in [3.8, 4) is 0 Å². The summed E-state index contributed by atoms with van der Waals surface area (Å²) >= 11 is 0. The van der Waals surface area contributed by atoms with Gasteiger partial charge in [0.1, 0.15) is 5.76 Å². The number of carbonyl (C=O) groups is 3. The molecule has 2 rings (SSSR count). The van der Waals surface area contributed by atoms with Crippen LogP contribution in [0.5, 0.6) is 0 Å². The van der Waals surface area contributed by atoms with Gasteiger partial charge in [-0.15, -0.1) is 0 Å². The van der Waals surface area contributed by atoms with Gasteiger partial charge in [-0.1, -0.05) is 5.16 Å². The minimum Gasteiger partial charge on any atom is -0.481 e. The smallest absolute Gasteiger partial charge is 0.305 e. The molecule has 0 unspecified atom stereocenters. The van der Waals surface area contributed by atoms with Crippen molar-refractivity contribution in [2.24, 2.45) is 0 Å². The van der Waals surface area contributed by atoms with Gasteiger partial charge in [0, 0.05) is 23.4 Å². The molecule has 0 radical (unpaired) electrons. The van der Waals surface area contributed by atoms with Crippen LogP contribution in [0.2, 0.25) is 0 Å². The lowest BCUT2D eigenvalue weighted by molar-refractivity contribution is -0.136. The first-order valence-corrected chi connectivity index (χ1v) is 7.68. The van der Waals surface area contributed by atoms with Crippen LogP contribution in [0.15, 0.2) is 28.8 Å². The SMILES string of the molecule is Cc1noc(C)c1CC(=O)Nc1ccc(C(=O)NCCC(=O)O)cc1. The van der Waals surface area contributed by atoms with E-state index in [0.717, 1.165) is 5.56 Å². The minimum atomic E-state index is -0.975. The van der Waals surface area contributed by atoms with Crippen molar-refractivity contribution >= 4 is 23.5 Å². The summed E-state index contributed by atoms with van der Waals surface area (Å²) in [6.45, 7) is 3.58. The molecule has 0 bridgehead atoms. The van der Waals surface area contributed by atoms with Crippen molar-refractivity contribution in [2.45, 2.75) is 26.7 Å². The number of rotatable bonds is 7. The van der Waals surface area contributed by atoms with Gasteiger partial charge in [0.05, 0.1) is 18.5 Å². The molecule has 0 fully saturated rings. The highest BCUT2D eigenvalue weighted by molar-refractivity contribution is 5.96. The number of hydrogen-bond acceptors (Lipinski definition) is 5. The highest BCUT2D eigenvalue weighted by atomic mass is 16.5. The molecule has 0 aliphatic heterocycles. The van der Waals surface area contributed by atoms with Crippen LogP contribution in [0.3, 0.4) is 0 Å². The Kier molecular flexibility index (Phi) is 5.89. The predicted octanol–water partition coefficient (Wildman–Crippen LogP) is 1.68. The summed E-state index contributed by atoms with van der Waals surface area (Å²) in [4.78, 5) is 34.3. The molecule has 0 spiro atoms. The molecular formula is C17H19N3O5. The molecule has 2 aromatic rings. The molecule has 0 aliphatic rings. The second kappa shape index (κ2) is 8.09. The van der Waals surface area contributed by atoms with Crippen LogP contribution >= 0.6 is 0 Å². The van der Waals surface area contributed by atoms with Gasteiger partial charge in [-0.3, -0.25) is 14.4 Å². The van der Waals surface area contributed by atoms with Crippen molar-refractivity contribution in [2.75, 3.05) is 11.9 Å². The normalized spacial score (nSPS) is 10.3. The molecular weight excluding hydrogens is 326 g/mol. The molecule has 0 aliphatic carbocycles. The quantitative estimate of drug-likeness (QED) is 0.702. The molecule has 0 saturated heterocycles. The fraction of sp³-hybridized carbons (Fsp3) is 0.294. The van der Waals surface area contributed by atoms with Crippen molar-refractivity contribution in [3.63, 3.8) is 0 Å². The van der Waals surface area contributed by atoms with Gasteiger partial charge in [0.15, 0.2) is 0 Å². The number of carboxylic acids is 1. The summed E-state index contributed by atoms with van der Waals surface area (Å²) in [6.07, 6.45) is 0.0141. The number of nitrogens with one attached hydrogen (secondary N) is 2. The highest BCUT2D eigenvalue weighted by Crippen LogP contribution is 2.15.